The topological polar surface area (TPSA) is 75.6 Å². The minimum absolute atomic E-state index is 0.272. The quantitative estimate of drug-likeness (QED) is 0.161. The fourth-order valence-corrected chi connectivity index (χ4v) is 4.31. The number of nitrogens with zero attached hydrogens (tertiary/aromatic N) is 2. The number of rotatable bonds is 9. The third-order valence-electron chi connectivity index (χ3n) is 5.53. The summed E-state index contributed by atoms with van der Waals surface area (Å²) in [5.74, 6) is 0.0481. The highest BCUT2D eigenvalue weighted by Gasteiger charge is 2.08. The smallest absolute Gasteiger partial charge is 0.271 e. The van der Waals surface area contributed by atoms with Gasteiger partial charge in [0, 0.05) is 22.2 Å². The molecule has 8 heteroatoms. The molecular weight excluding hydrogens is 499 g/mol. The number of hydrogen-bond acceptors (Lipinski definition) is 6. The first-order chi connectivity index (χ1) is 18.6. The van der Waals surface area contributed by atoms with Crippen LogP contribution in [0.5, 0.6) is 5.75 Å². The Morgan fingerprint density at radius 1 is 0.947 bits per heavy atom. The third kappa shape index (κ3) is 6.68. The fourth-order valence-electron chi connectivity index (χ4n) is 3.57. The second-order valence-electron chi connectivity index (χ2n) is 8.29. The van der Waals surface area contributed by atoms with Crippen LogP contribution in [-0.4, -0.2) is 17.1 Å². The largest absolute Gasteiger partial charge is 0.489 e. The first kappa shape index (κ1) is 24.9. The number of aromatic nitrogens is 1. The van der Waals surface area contributed by atoms with Crippen LogP contribution in [0.25, 0.3) is 11.3 Å². The number of carbonyl (C=O) groups is 1. The van der Waals surface area contributed by atoms with Gasteiger partial charge in [0.2, 0.25) is 0 Å². The monoisotopic (exact) mass is 522 g/mol. The number of anilines is 2. The molecule has 0 aliphatic heterocycles. The number of carbonyl (C=O) groups excluding carboxylic acids is 1. The lowest BCUT2D eigenvalue weighted by atomic mass is 10.1. The predicted octanol–water partition coefficient (Wildman–Crippen LogP) is 7.04. The highest BCUT2D eigenvalue weighted by atomic mass is 32.1. The van der Waals surface area contributed by atoms with Crippen LogP contribution in [0.3, 0.4) is 0 Å². The Bertz CT molecular complexity index is 1540. The van der Waals surface area contributed by atoms with Gasteiger partial charge in [0.1, 0.15) is 18.2 Å². The maximum atomic E-state index is 13.3. The maximum absolute atomic E-state index is 13.3. The normalized spacial score (nSPS) is 10.9. The molecule has 5 rings (SSSR count). The van der Waals surface area contributed by atoms with E-state index in [1.807, 2.05) is 60.0 Å². The van der Waals surface area contributed by atoms with Crippen LogP contribution in [0, 0.1) is 5.82 Å². The van der Waals surface area contributed by atoms with E-state index in [-0.39, 0.29) is 18.3 Å². The average Bonchev–Trinajstić information content (AvgIpc) is 3.42. The Morgan fingerprint density at radius 3 is 2.50 bits per heavy atom. The van der Waals surface area contributed by atoms with Gasteiger partial charge < -0.3 is 10.1 Å². The first-order valence-electron chi connectivity index (χ1n) is 11.8. The number of benzene rings is 4. The van der Waals surface area contributed by atoms with E-state index in [2.05, 4.69) is 20.8 Å². The number of hydrazone groups is 1. The summed E-state index contributed by atoms with van der Waals surface area (Å²) in [5, 5.41) is 10.1. The van der Waals surface area contributed by atoms with Crippen LogP contribution < -0.4 is 15.5 Å². The number of halogens is 1. The zero-order valence-corrected chi connectivity index (χ0v) is 21.0. The van der Waals surface area contributed by atoms with Crippen LogP contribution in [0.15, 0.2) is 114 Å². The van der Waals surface area contributed by atoms with Gasteiger partial charge >= 0.3 is 0 Å². The van der Waals surface area contributed by atoms with Crippen LogP contribution >= 0.6 is 11.3 Å². The van der Waals surface area contributed by atoms with E-state index in [9.17, 15) is 9.18 Å². The zero-order valence-electron chi connectivity index (χ0n) is 20.2. The molecule has 0 saturated carbocycles. The molecule has 0 atom stereocenters. The molecule has 38 heavy (non-hydrogen) atoms. The summed E-state index contributed by atoms with van der Waals surface area (Å²) >= 11 is 1.52. The molecule has 1 heterocycles. The second kappa shape index (κ2) is 11.9. The van der Waals surface area contributed by atoms with Crippen molar-refractivity contribution in [1.82, 2.24) is 10.4 Å². The first-order valence-corrected chi connectivity index (χ1v) is 12.7. The molecule has 0 unspecified atom stereocenters. The van der Waals surface area contributed by atoms with E-state index in [1.165, 1.54) is 23.5 Å². The summed E-state index contributed by atoms with van der Waals surface area (Å²) in [5.41, 5.74) is 7.31. The Hall–Kier alpha value is -4.82. The molecule has 6 nitrogen and oxygen atoms in total. The van der Waals surface area contributed by atoms with Gasteiger partial charge in [-0.05, 0) is 71.8 Å². The van der Waals surface area contributed by atoms with Gasteiger partial charge in [0.25, 0.3) is 5.91 Å². The van der Waals surface area contributed by atoms with E-state index in [0.717, 1.165) is 33.2 Å². The maximum Gasteiger partial charge on any atom is 0.271 e. The number of para-hydroxylation sites is 1. The second-order valence-corrected chi connectivity index (χ2v) is 9.15. The van der Waals surface area contributed by atoms with E-state index in [1.54, 1.807) is 42.6 Å². The number of hydrogen-bond donors (Lipinski definition) is 2. The van der Waals surface area contributed by atoms with Crippen LogP contribution in [0.2, 0.25) is 0 Å². The van der Waals surface area contributed by atoms with Crippen LogP contribution in [0.1, 0.15) is 21.5 Å². The zero-order chi connectivity index (χ0) is 26.2. The Balaban J connectivity index is 1.12. The highest BCUT2D eigenvalue weighted by molar-refractivity contribution is 7.14. The highest BCUT2D eigenvalue weighted by Crippen LogP contribution is 2.27. The van der Waals surface area contributed by atoms with E-state index >= 15 is 0 Å². The van der Waals surface area contributed by atoms with Crippen molar-refractivity contribution >= 4 is 34.3 Å². The molecule has 1 amide bonds. The Labute approximate surface area is 223 Å². The predicted molar refractivity (Wildman–Crippen MR) is 150 cm³/mol. The summed E-state index contributed by atoms with van der Waals surface area (Å²) < 4.78 is 19.0. The van der Waals surface area contributed by atoms with Crippen molar-refractivity contribution in [2.24, 2.45) is 5.10 Å². The van der Waals surface area contributed by atoms with Gasteiger partial charge in [-0.3, -0.25) is 4.79 Å². The summed E-state index contributed by atoms with van der Waals surface area (Å²) in [6.45, 7) is 0.272. The van der Waals surface area contributed by atoms with Gasteiger partial charge in [-0.25, -0.2) is 14.8 Å². The number of thiazole rings is 1. The number of ether oxygens (including phenoxy) is 1. The average molecular weight is 523 g/mol. The van der Waals surface area contributed by atoms with Crippen molar-refractivity contribution < 1.29 is 13.9 Å². The van der Waals surface area contributed by atoms with Crippen molar-refractivity contribution in [3.05, 3.63) is 131 Å². The van der Waals surface area contributed by atoms with Crippen LogP contribution in [-0.2, 0) is 6.61 Å². The van der Waals surface area contributed by atoms with Crippen molar-refractivity contribution in [2.45, 2.75) is 6.61 Å². The van der Waals surface area contributed by atoms with Gasteiger partial charge in [0.15, 0.2) is 5.13 Å². The van der Waals surface area contributed by atoms with Gasteiger partial charge in [-0.2, -0.15) is 5.10 Å². The summed E-state index contributed by atoms with van der Waals surface area (Å²) in [4.78, 5) is 17.1. The Morgan fingerprint density at radius 2 is 1.74 bits per heavy atom. The lowest BCUT2D eigenvalue weighted by Crippen LogP contribution is -2.17. The molecule has 0 fully saturated rings. The van der Waals surface area contributed by atoms with Gasteiger partial charge in [0.05, 0.1) is 11.9 Å². The molecular formula is C30H23FN4O2S. The molecule has 0 saturated heterocycles. The molecule has 2 N–H and O–H groups in total. The molecule has 5 aromatic rings. The molecule has 0 bridgehead atoms. The van der Waals surface area contributed by atoms with Crippen molar-refractivity contribution in [1.29, 1.82) is 0 Å². The molecule has 1 aromatic heterocycles. The van der Waals surface area contributed by atoms with Crippen molar-refractivity contribution in [3.8, 4) is 17.0 Å². The van der Waals surface area contributed by atoms with E-state index in [0.29, 0.717) is 11.3 Å². The SMILES string of the molecule is O=C(N/N=C\c1ccc(OCc2cccc(F)c2)cc1)c1ccc(-c2csc(Nc3ccccc3)n2)cc1. The molecule has 0 aliphatic rings. The molecule has 0 aliphatic carbocycles. The minimum atomic E-state index is -0.312. The Kier molecular flexibility index (Phi) is 7.81. The number of nitrogens with one attached hydrogen (secondary N) is 2. The molecule has 188 valence electrons. The standard InChI is InChI=1S/C30H23FN4O2S/c31-25-6-4-5-22(17-25)19-37-27-15-9-21(10-16-27)18-32-35-29(36)24-13-11-23(12-14-24)28-20-38-30(34-28)33-26-7-2-1-3-8-26/h1-18,20H,19H2,(H,33,34)(H,35,36)/b32-18-. The lowest BCUT2D eigenvalue weighted by Gasteiger charge is -2.06. The van der Waals surface area contributed by atoms with E-state index < -0.39 is 0 Å². The molecule has 0 spiro atoms. The summed E-state index contributed by atoms with van der Waals surface area (Å²) in [6.07, 6.45) is 1.55. The fraction of sp³-hybridized carbons (Fsp3) is 0.0333. The summed E-state index contributed by atoms with van der Waals surface area (Å²) in [6, 6.07) is 30.6. The van der Waals surface area contributed by atoms with Gasteiger partial charge in [-0.1, -0.05) is 42.5 Å². The summed E-state index contributed by atoms with van der Waals surface area (Å²) in [7, 11) is 0. The molecule has 4 aromatic carbocycles. The third-order valence-corrected chi connectivity index (χ3v) is 6.28. The van der Waals surface area contributed by atoms with Crippen molar-refractivity contribution in [3.63, 3.8) is 0 Å². The number of amides is 1. The van der Waals surface area contributed by atoms with Crippen LogP contribution in [0.4, 0.5) is 15.2 Å². The minimum Gasteiger partial charge on any atom is -0.489 e. The van der Waals surface area contributed by atoms with Crippen molar-refractivity contribution in [2.75, 3.05) is 5.32 Å². The molecule has 0 radical (unpaired) electrons. The van der Waals surface area contributed by atoms with Gasteiger partial charge in [-0.15, -0.1) is 11.3 Å². The van der Waals surface area contributed by atoms with E-state index in [4.69, 9.17) is 4.74 Å². The lowest BCUT2D eigenvalue weighted by molar-refractivity contribution is 0.0955.